The normalized spacial score (nSPS) is 10.7. The lowest BCUT2D eigenvalue weighted by molar-refractivity contribution is -0.141. The maximum absolute atomic E-state index is 12.0. The van der Waals surface area contributed by atoms with Crippen LogP contribution >= 0.6 is 11.8 Å². The Kier molecular flexibility index (Phi) is 7.07. The van der Waals surface area contributed by atoms with E-state index in [2.05, 4.69) is 10.2 Å². The Labute approximate surface area is 172 Å². The second-order valence-electron chi connectivity index (χ2n) is 5.94. The fourth-order valence-corrected chi connectivity index (χ4v) is 3.42. The highest BCUT2D eigenvalue weighted by atomic mass is 32.2. The van der Waals surface area contributed by atoms with Crippen molar-refractivity contribution in [3.05, 3.63) is 48.2 Å². The number of Topliss-reactive ketones (excluding diaryl/α,β-unsaturated/α-hetero) is 1. The fraction of sp³-hybridized carbons (Fsp3) is 0.300. The summed E-state index contributed by atoms with van der Waals surface area (Å²) in [6, 6.07) is 10.6. The van der Waals surface area contributed by atoms with Crippen molar-refractivity contribution < 1.29 is 23.5 Å². The van der Waals surface area contributed by atoms with Crippen LogP contribution in [-0.2, 0) is 16.1 Å². The minimum atomic E-state index is -0.386. The highest BCUT2D eigenvalue weighted by Gasteiger charge is 2.16. The average molecular weight is 415 g/mol. The van der Waals surface area contributed by atoms with Gasteiger partial charge in [0.25, 0.3) is 0 Å². The molecule has 0 amide bonds. The predicted octanol–water partition coefficient (Wildman–Crippen LogP) is 3.47. The Balaban J connectivity index is 1.46. The van der Waals surface area contributed by atoms with Crippen LogP contribution in [-0.4, -0.2) is 45.5 Å². The summed E-state index contributed by atoms with van der Waals surface area (Å²) in [5, 5.41) is 8.88. The molecule has 3 rings (SSSR count). The molecule has 0 aliphatic carbocycles. The summed E-state index contributed by atoms with van der Waals surface area (Å²) >= 11 is 1.25. The van der Waals surface area contributed by atoms with Crippen LogP contribution in [0.25, 0.3) is 11.6 Å². The molecule has 29 heavy (non-hydrogen) atoms. The molecule has 0 N–H and O–H groups in total. The number of ketones is 1. The molecule has 1 aromatic carbocycles. The molecule has 9 heteroatoms. The minimum absolute atomic E-state index is 0.0806. The Morgan fingerprint density at radius 2 is 1.97 bits per heavy atom. The van der Waals surface area contributed by atoms with Crippen LogP contribution in [0.4, 0.5) is 0 Å². The number of thioether (sulfide) groups is 1. The SMILES string of the molecule is CCn1c(SCC(=O)OCCOc2ccccc2C(C)=O)nnc1-c1ccco1. The van der Waals surface area contributed by atoms with Gasteiger partial charge in [-0.1, -0.05) is 23.9 Å². The third-order valence-electron chi connectivity index (χ3n) is 3.96. The van der Waals surface area contributed by atoms with Gasteiger partial charge >= 0.3 is 5.97 Å². The molecule has 3 aromatic rings. The summed E-state index contributed by atoms with van der Waals surface area (Å²) in [4.78, 5) is 23.6. The number of carbonyl (C=O) groups excluding carboxylic acids is 2. The van der Waals surface area contributed by atoms with E-state index in [1.165, 1.54) is 18.7 Å². The maximum atomic E-state index is 12.0. The predicted molar refractivity (Wildman–Crippen MR) is 107 cm³/mol. The second-order valence-corrected chi connectivity index (χ2v) is 6.88. The zero-order chi connectivity index (χ0) is 20.6. The first-order valence-electron chi connectivity index (χ1n) is 9.08. The summed E-state index contributed by atoms with van der Waals surface area (Å²) in [6.07, 6.45) is 1.57. The zero-order valence-electron chi connectivity index (χ0n) is 16.2. The van der Waals surface area contributed by atoms with Crippen LogP contribution in [0.2, 0.25) is 0 Å². The number of nitrogens with zero attached hydrogens (tertiary/aromatic N) is 3. The Hall–Kier alpha value is -3.07. The summed E-state index contributed by atoms with van der Waals surface area (Å²) in [6.45, 7) is 4.34. The molecular weight excluding hydrogens is 394 g/mol. The molecule has 152 valence electrons. The highest BCUT2D eigenvalue weighted by molar-refractivity contribution is 7.99. The lowest BCUT2D eigenvalue weighted by Crippen LogP contribution is -2.15. The van der Waals surface area contributed by atoms with Crippen molar-refractivity contribution in [2.75, 3.05) is 19.0 Å². The highest BCUT2D eigenvalue weighted by Crippen LogP contribution is 2.24. The van der Waals surface area contributed by atoms with Gasteiger partial charge in [0.2, 0.25) is 0 Å². The van der Waals surface area contributed by atoms with Crippen molar-refractivity contribution in [3.8, 4) is 17.3 Å². The lowest BCUT2D eigenvalue weighted by atomic mass is 10.1. The maximum Gasteiger partial charge on any atom is 0.316 e. The van der Waals surface area contributed by atoms with Gasteiger partial charge in [0.1, 0.15) is 19.0 Å². The molecule has 0 spiro atoms. The van der Waals surface area contributed by atoms with Crippen LogP contribution in [0.5, 0.6) is 5.75 Å². The number of carbonyl (C=O) groups is 2. The first kappa shape index (κ1) is 20.7. The molecule has 0 unspecified atom stereocenters. The van der Waals surface area contributed by atoms with Gasteiger partial charge in [0, 0.05) is 6.54 Å². The topological polar surface area (TPSA) is 96.5 Å². The molecule has 2 heterocycles. The molecule has 0 saturated heterocycles. The molecule has 0 atom stereocenters. The number of para-hydroxylation sites is 1. The Bertz CT molecular complexity index is 968. The van der Waals surface area contributed by atoms with E-state index in [0.29, 0.717) is 34.6 Å². The van der Waals surface area contributed by atoms with Gasteiger partial charge in [-0.2, -0.15) is 0 Å². The van der Waals surface area contributed by atoms with Crippen molar-refractivity contribution in [1.82, 2.24) is 14.8 Å². The molecule has 0 fully saturated rings. The van der Waals surface area contributed by atoms with E-state index in [0.717, 1.165) is 0 Å². The van der Waals surface area contributed by atoms with Crippen LogP contribution < -0.4 is 4.74 Å². The molecule has 2 aromatic heterocycles. The van der Waals surface area contributed by atoms with Crippen LogP contribution in [0.1, 0.15) is 24.2 Å². The van der Waals surface area contributed by atoms with E-state index in [-0.39, 0.29) is 30.7 Å². The fourth-order valence-electron chi connectivity index (χ4n) is 2.62. The monoisotopic (exact) mass is 415 g/mol. The van der Waals surface area contributed by atoms with Gasteiger partial charge in [-0.25, -0.2) is 0 Å². The van der Waals surface area contributed by atoms with Crippen molar-refractivity contribution in [2.24, 2.45) is 0 Å². The number of hydrogen-bond donors (Lipinski definition) is 0. The minimum Gasteiger partial charge on any atom is -0.489 e. The Morgan fingerprint density at radius 1 is 1.14 bits per heavy atom. The third kappa shape index (κ3) is 5.26. The van der Waals surface area contributed by atoms with E-state index in [1.54, 1.807) is 36.6 Å². The quantitative estimate of drug-likeness (QED) is 0.215. The third-order valence-corrected chi connectivity index (χ3v) is 4.90. The van der Waals surface area contributed by atoms with Gasteiger partial charge in [0.15, 0.2) is 22.5 Å². The standard InChI is InChI=1S/C20H21N3O5S/c1-3-23-19(17-9-6-10-26-17)21-22-20(23)29-13-18(25)28-12-11-27-16-8-5-4-7-15(16)14(2)24/h4-10H,3,11-13H2,1-2H3. The van der Waals surface area contributed by atoms with Crippen LogP contribution in [0.3, 0.4) is 0 Å². The smallest absolute Gasteiger partial charge is 0.316 e. The number of aromatic nitrogens is 3. The van der Waals surface area contributed by atoms with E-state index in [4.69, 9.17) is 13.9 Å². The molecule has 0 aliphatic heterocycles. The molecule has 0 aliphatic rings. The summed E-state index contributed by atoms with van der Waals surface area (Å²) in [5.74, 6) is 1.35. The summed E-state index contributed by atoms with van der Waals surface area (Å²) in [5.41, 5.74) is 0.501. The number of esters is 1. The van der Waals surface area contributed by atoms with Gasteiger partial charge in [0.05, 0.1) is 17.6 Å². The second kappa shape index (κ2) is 9.92. The lowest BCUT2D eigenvalue weighted by Gasteiger charge is -2.10. The van der Waals surface area contributed by atoms with E-state index in [1.807, 2.05) is 17.6 Å². The van der Waals surface area contributed by atoms with Crippen LogP contribution in [0, 0.1) is 0 Å². The molecule has 0 saturated carbocycles. The van der Waals surface area contributed by atoms with Crippen molar-refractivity contribution in [2.45, 2.75) is 25.5 Å². The number of rotatable bonds is 10. The van der Waals surface area contributed by atoms with E-state index in [9.17, 15) is 9.59 Å². The van der Waals surface area contributed by atoms with Gasteiger partial charge < -0.3 is 13.9 Å². The number of benzene rings is 1. The largest absolute Gasteiger partial charge is 0.489 e. The number of hydrogen-bond acceptors (Lipinski definition) is 8. The molecular formula is C20H21N3O5S. The molecule has 0 bridgehead atoms. The van der Waals surface area contributed by atoms with Gasteiger partial charge in [-0.05, 0) is 38.1 Å². The van der Waals surface area contributed by atoms with E-state index < -0.39 is 0 Å². The van der Waals surface area contributed by atoms with Crippen molar-refractivity contribution in [3.63, 3.8) is 0 Å². The summed E-state index contributed by atoms with van der Waals surface area (Å²) in [7, 11) is 0. The average Bonchev–Trinajstić information content (AvgIpc) is 3.38. The first-order valence-corrected chi connectivity index (χ1v) is 10.1. The van der Waals surface area contributed by atoms with E-state index >= 15 is 0 Å². The Morgan fingerprint density at radius 3 is 2.69 bits per heavy atom. The number of furan rings is 1. The number of ether oxygens (including phenoxy) is 2. The molecule has 0 radical (unpaired) electrons. The van der Waals surface area contributed by atoms with Gasteiger partial charge in [-0.3, -0.25) is 14.2 Å². The molecule has 8 nitrogen and oxygen atoms in total. The van der Waals surface area contributed by atoms with Gasteiger partial charge in [-0.15, -0.1) is 10.2 Å². The zero-order valence-corrected chi connectivity index (χ0v) is 17.0. The van der Waals surface area contributed by atoms with Crippen molar-refractivity contribution in [1.29, 1.82) is 0 Å². The summed E-state index contributed by atoms with van der Waals surface area (Å²) < 4.78 is 18.0. The first-order chi connectivity index (χ1) is 14.1. The van der Waals surface area contributed by atoms with Crippen molar-refractivity contribution >= 4 is 23.5 Å². The van der Waals surface area contributed by atoms with Crippen LogP contribution in [0.15, 0.2) is 52.2 Å².